The minimum atomic E-state index is -0.0984. The van der Waals surface area contributed by atoms with Crippen molar-refractivity contribution >= 4 is 49.0 Å². The van der Waals surface area contributed by atoms with Gasteiger partial charge in [0, 0.05) is 16.9 Å². The van der Waals surface area contributed by atoms with E-state index in [0.717, 1.165) is 35.9 Å². The summed E-state index contributed by atoms with van der Waals surface area (Å²) >= 11 is 0. The zero-order valence-electron chi connectivity index (χ0n) is 38.0. The van der Waals surface area contributed by atoms with E-state index in [9.17, 15) is 0 Å². The first-order chi connectivity index (χ1) is 29.5. The van der Waals surface area contributed by atoms with Crippen LogP contribution >= 0.6 is 0 Å². The summed E-state index contributed by atoms with van der Waals surface area (Å²) in [5.74, 6) is 2.73. The van der Waals surface area contributed by atoms with Crippen LogP contribution in [-0.4, -0.2) is 15.0 Å². The smallest absolute Gasteiger partial charge is 0.163 e. The Hall–Kier alpha value is -5.93. The van der Waals surface area contributed by atoms with Gasteiger partial charge < -0.3 is 0 Å². The Bertz CT molecular complexity index is 3170. The Morgan fingerprint density at radius 3 is 1.77 bits per heavy atom. The summed E-state index contributed by atoms with van der Waals surface area (Å²) in [7, 11) is 0. The molecule has 2 atom stereocenters. The Balaban J connectivity index is 1.04. The van der Waals surface area contributed by atoms with Gasteiger partial charge in [-0.3, -0.25) is 0 Å². The fourth-order valence-electron chi connectivity index (χ4n) is 11.3. The lowest BCUT2D eigenvalue weighted by molar-refractivity contribution is 0.417. The van der Waals surface area contributed by atoms with Crippen molar-refractivity contribution in [1.29, 1.82) is 0 Å². The van der Waals surface area contributed by atoms with Gasteiger partial charge in [0.1, 0.15) is 5.82 Å². The summed E-state index contributed by atoms with van der Waals surface area (Å²) in [6.45, 7) is 23.6. The zero-order valence-corrected chi connectivity index (χ0v) is 38.0. The van der Waals surface area contributed by atoms with Gasteiger partial charge in [-0.2, -0.15) is 0 Å². The molecule has 3 nitrogen and oxygen atoms in total. The maximum atomic E-state index is 5.48. The zero-order chi connectivity index (χ0) is 43.1. The molecule has 1 unspecified atom stereocenters. The summed E-state index contributed by atoms with van der Waals surface area (Å²) < 4.78 is 0. The highest BCUT2D eigenvalue weighted by molar-refractivity contribution is 6.25. The van der Waals surface area contributed by atoms with E-state index < -0.39 is 0 Å². The fraction of sp³-hybridized carbons (Fsp3) is 0.305. The number of hydrogen-bond donors (Lipinski definition) is 0. The summed E-state index contributed by atoms with van der Waals surface area (Å²) in [5.41, 5.74) is 14.9. The molecule has 0 amide bonds. The lowest BCUT2D eigenvalue weighted by atomic mass is 9.72. The Kier molecular flexibility index (Phi) is 8.35. The second-order valence-corrected chi connectivity index (χ2v) is 21.7. The average molecular weight is 808 g/mol. The molecular weight excluding hydrogens is 751 g/mol. The van der Waals surface area contributed by atoms with E-state index >= 15 is 0 Å². The van der Waals surface area contributed by atoms with Crippen molar-refractivity contribution in [3.63, 3.8) is 0 Å². The molecule has 4 aliphatic rings. The van der Waals surface area contributed by atoms with E-state index in [2.05, 4.69) is 197 Å². The molecule has 11 rings (SSSR count). The van der Waals surface area contributed by atoms with Crippen molar-refractivity contribution in [2.45, 2.75) is 110 Å². The van der Waals surface area contributed by atoms with Crippen LogP contribution in [0, 0.1) is 5.92 Å². The molecule has 0 saturated heterocycles. The SMILES string of the molecule is CC(C)(C)c1ccc2c(c1)C(C)(C)C1=C2C=C[C@@H](c2nc(C3=CC=C4c5ccc(C(C)(C)C)cc5C(C)(C)C4C3)nc(-c3ccc4c5ccccc5c5ccccc5c4c3)n2)C1. The number of benzene rings is 6. The standard InChI is InChI=1S/C59H57N3/c1-56(2,3)37-22-27-46-44-25-20-35(30-49(44)58(7,8)51(46)32-37)54-60-53(34-19-24-43-41-17-12-11-15-39(41)40-16-13-14-18-42(40)48(43)29-34)61-55(62-54)36-21-26-45-47-28-23-38(57(4,5)6)33-52(47)59(9,10)50(45)31-36/h11-29,32-33,35,50H,30-31H2,1-10H3/t35-,50?/m1/s1. The molecule has 1 aromatic heterocycles. The summed E-state index contributed by atoms with van der Waals surface area (Å²) in [6, 6.07) is 38.8. The van der Waals surface area contributed by atoms with Crippen molar-refractivity contribution in [1.82, 2.24) is 15.0 Å². The van der Waals surface area contributed by atoms with E-state index in [1.54, 1.807) is 0 Å². The molecular formula is C59H57N3. The molecule has 3 heteroatoms. The molecule has 0 spiro atoms. The van der Waals surface area contributed by atoms with E-state index in [4.69, 9.17) is 15.0 Å². The molecule has 62 heavy (non-hydrogen) atoms. The third-order valence-electron chi connectivity index (χ3n) is 15.1. The minimum absolute atomic E-state index is 0.0217. The highest BCUT2D eigenvalue weighted by Gasteiger charge is 2.45. The lowest BCUT2D eigenvalue weighted by Crippen LogP contribution is -2.26. The average Bonchev–Trinajstić information content (AvgIpc) is 3.63. The second kappa shape index (κ2) is 13.3. The fourth-order valence-corrected chi connectivity index (χ4v) is 11.3. The van der Waals surface area contributed by atoms with Crippen molar-refractivity contribution in [2.75, 3.05) is 0 Å². The normalized spacial score (nSPS) is 20.0. The van der Waals surface area contributed by atoms with Gasteiger partial charge in [-0.25, -0.2) is 15.0 Å². The van der Waals surface area contributed by atoms with Crippen LogP contribution in [0.25, 0.3) is 60.4 Å². The van der Waals surface area contributed by atoms with E-state index in [1.807, 2.05) is 0 Å². The first kappa shape index (κ1) is 39.0. The van der Waals surface area contributed by atoms with Crippen LogP contribution < -0.4 is 0 Å². The maximum Gasteiger partial charge on any atom is 0.163 e. The molecule has 0 fully saturated rings. The first-order valence-electron chi connectivity index (χ1n) is 22.7. The minimum Gasteiger partial charge on any atom is -0.213 e. The third kappa shape index (κ3) is 5.87. The van der Waals surface area contributed by atoms with Crippen LogP contribution in [0.15, 0.2) is 133 Å². The lowest BCUT2D eigenvalue weighted by Gasteiger charge is -2.32. The van der Waals surface area contributed by atoms with Gasteiger partial charge in [-0.15, -0.1) is 0 Å². The molecule has 1 heterocycles. The third-order valence-corrected chi connectivity index (χ3v) is 15.1. The first-order valence-corrected chi connectivity index (χ1v) is 22.7. The number of allylic oxidation sites excluding steroid dienone is 8. The second-order valence-electron chi connectivity index (χ2n) is 21.7. The van der Waals surface area contributed by atoms with Crippen molar-refractivity contribution < 1.29 is 0 Å². The predicted molar refractivity (Wildman–Crippen MR) is 262 cm³/mol. The topological polar surface area (TPSA) is 38.7 Å². The summed E-state index contributed by atoms with van der Waals surface area (Å²) in [4.78, 5) is 16.4. The van der Waals surface area contributed by atoms with Gasteiger partial charge in [-0.05, 0) is 123 Å². The van der Waals surface area contributed by atoms with Crippen LogP contribution in [0.2, 0.25) is 0 Å². The van der Waals surface area contributed by atoms with Crippen molar-refractivity contribution in [2.24, 2.45) is 5.92 Å². The molecule has 4 aliphatic carbocycles. The van der Waals surface area contributed by atoms with Gasteiger partial charge in [-0.1, -0.05) is 196 Å². The van der Waals surface area contributed by atoms with Crippen LogP contribution in [0.1, 0.15) is 133 Å². The molecule has 308 valence electrons. The maximum absolute atomic E-state index is 5.48. The summed E-state index contributed by atoms with van der Waals surface area (Å²) in [6.07, 6.45) is 11.2. The Labute approximate surface area is 367 Å². The van der Waals surface area contributed by atoms with E-state index in [0.29, 0.717) is 5.92 Å². The van der Waals surface area contributed by atoms with Gasteiger partial charge in [0.15, 0.2) is 11.6 Å². The van der Waals surface area contributed by atoms with Gasteiger partial charge >= 0.3 is 0 Å². The monoisotopic (exact) mass is 807 g/mol. The molecule has 6 aromatic carbocycles. The van der Waals surface area contributed by atoms with Gasteiger partial charge in [0.2, 0.25) is 0 Å². The molecule has 0 saturated carbocycles. The largest absolute Gasteiger partial charge is 0.213 e. The Morgan fingerprint density at radius 1 is 0.548 bits per heavy atom. The van der Waals surface area contributed by atoms with Crippen molar-refractivity contribution in [3.05, 3.63) is 178 Å². The van der Waals surface area contributed by atoms with Crippen LogP contribution in [-0.2, 0) is 21.7 Å². The Morgan fingerprint density at radius 2 is 1.13 bits per heavy atom. The molecule has 0 aliphatic heterocycles. The number of nitrogens with zero attached hydrogens (tertiary/aromatic N) is 3. The molecule has 0 N–H and O–H groups in total. The molecule has 0 bridgehead atoms. The number of aromatic nitrogens is 3. The predicted octanol–water partition coefficient (Wildman–Crippen LogP) is 15.2. The number of rotatable bonds is 3. The summed E-state index contributed by atoms with van der Waals surface area (Å²) in [5, 5.41) is 7.52. The van der Waals surface area contributed by atoms with Gasteiger partial charge in [0.05, 0.1) is 0 Å². The molecule has 0 radical (unpaired) electrons. The van der Waals surface area contributed by atoms with Crippen LogP contribution in [0.4, 0.5) is 0 Å². The van der Waals surface area contributed by atoms with Crippen LogP contribution in [0.3, 0.4) is 0 Å². The quantitative estimate of drug-likeness (QED) is 0.167. The molecule has 7 aromatic rings. The number of hydrogen-bond acceptors (Lipinski definition) is 3. The van der Waals surface area contributed by atoms with E-state index in [1.165, 1.54) is 88.0 Å². The highest BCUT2D eigenvalue weighted by Crippen LogP contribution is 2.56. The van der Waals surface area contributed by atoms with Crippen LogP contribution in [0.5, 0.6) is 0 Å². The van der Waals surface area contributed by atoms with Crippen molar-refractivity contribution in [3.8, 4) is 11.4 Å². The highest BCUT2D eigenvalue weighted by atomic mass is 15.0. The van der Waals surface area contributed by atoms with Gasteiger partial charge in [0.25, 0.3) is 0 Å². The van der Waals surface area contributed by atoms with E-state index in [-0.39, 0.29) is 27.6 Å². The number of fused-ring (bicyclic) bond motifs is 11.